The van der Waals surface area contributed by atoms with Gasteiger partial charge in [-0.3, -0.25) is 9.36 Å². The van der Waals surface area contributed by atoms with E-state index in [9.17, 15) is 9.90 Å². The third-order valence-corrected chi connectivity index (χ3v) is 3.40. The first-order valence-electron chi connectivity index (χ1n) is 6.42. The first-order chi connectivity index (χ1) is 9.65. The van der Waals surface area contributed by atoms with Crippen LogP contribution in [0.2, 0.25) is 0 Å². The number of hydrogen-bond acceptors (Lipinski definition) is 6. The van der Waals surface area contributed by atoms with E-state index in [1.54, 1.807) is 19.3 Å². The highest BCUT2D eigenvalue weighted by Gasteiger charge is 2.24. The van der Waals surface area contributed by atoms with Crippen LogP contribution in [0.25, 0.3) is 11.4 Å². The lowest BCUT2D eigenvalue weighted by molar-refractivity contribution is 0.198. The Kier molecular flexibility index (Phi) is 3.19. The molecule has 0 aliphatic carbocycles. The van der Waals surface area contributed by atoms with Gasteiger partial charge in [0.2, 0.25) is 5.95 Å². The molecule has 3 rings (SSSR count). The Hall–Kier alpha value is -2.28. The normalized spacial score (nSPS) is 18.5. The Morgan fingerprint density at radius 2 is 2.25 bits per heavy atom. The molecule has 1 saturated heterocycles. The molecule has 1 N–H and O–H groups in total. The average Bonchev–Trinajstić information content (AvgIpc) is 2.89. The Balaban J connectivity index is 2.06. The Morgan fingerprint density at radius 1 is 1.40 bits per heavy atom. The molecule has 0 saturated carbocycles. The highest BCUT2D eigenvalue weighted by atomic mass is 16.3. The smallest absolute Gasteiger partial charge is 0.255 e. The van der Waals surface area contributed by atoms with Crippen molar-refractivity contribution in [3.63, 3.8) is 0 Å². The van der Waals surface area contributed by atoms with Gasteiger partial charge in [0.1, 0.15) is 6.33 Å². The zero-order valence-corrected chi connectivity index (χ0v) is 11.1. The Morgan fingerprint density at radius 3 is 2.90 bits per heavy atom. The van der Waals surface area contributed by atoms with Crippen molar-refractivity contribution in [2.24, 2.45) is 7.05 Å². The van der Waals surface area contributed by atoms with Gasteiger partial charge in [0.05, 0.1) is 17.5 Å². The molecule has 2 aromatic heterocycles. The second-order valence-electron chi connectivity index (χ2n) is 4.82. The van der Waals surface area contributed by atoms with E-state index in [0.717, 1.165) is 0 Å². The monoisotopic (exact) mass is 273 g/mol. The lowest BCUT2D eigenvalue weighted by Crippen LogP contribution is -2.30. The summed E-state index contributed by atoms with van der Waals surface area (Å²) in [6.07, 6.45) is 3.36. The Bertz CT molecular complexity index is 670. The van der Waals surface area contributed by atoms with Crippen LogP contribution in [0.5, 0.6) is 0 Å². The first kappa shape index (κ1) is 12.7. The van der Waals surface area contributed by atoms with Gasteiger partial charge in [-0.15, -0.1) is 0 Å². The standard InChI is InChI=1S/C13H15N5O2/c1-17-12(20)6-11(10-2-4-14-8-15-10)16-13(17)18-5-3-9(19)7-18/h2,4,6,8-9,19H,3,5,7H2,1H3/t9-/m0/s1. The van der Waals surface area contributed by atoms with Crippen molar-refractivity contribution >= 4 is 5.95 Å². The second kappa shape index (κ2) is 5.01. The van der Waals surface area contributed by atoms with Crippen LogP contribution < -0.4 is 10.5 Å². The summed E-state index contributed by atoms with van der Waals surface area (Å²) >= 11 is 0. The van der Waals surface area contributed by atoms with Gasteiger partial charge in [0, 0.05) is 32.4 Å². The zero-order chi connectivity index (χ0) is 14.1. The number of aromatic nitrogens is 4. The lowest BCUT2D eigenvalue weighted by atomic mass is 10.3. The number of nitrogens with zero attached hydrogens (tertiary/aromatic N) is 5. The number of β-amino-alcohol motifs (C(OH)–C–C–N with tert-alkyl or cyclic N) is 1. The molecule has 7 heteroatoms. The maximum Gasteiger partial charge on any atom is 0.255 e. The lowest BCUT2D eigenvalue weighted by Gasteiger charge is -2.19. The van der Waals surface area contributed by atoms with E-state index >= 15 is 0 Å². The van der Waals surface area contributed by atoms with Crippen LogP contribution >= 0.6 is 0 Å². The van der Waals surface area contributed by atoms with Crippen molar-refractivity contribution in [3.05, 3.63) is 35.0 Å². The quantitative estimate of drug-likeness (QED) is 0.816. The molecule has 3 heterocycles. The first-order valence-corrected chi connectivity index (χ1v) is 6.42. The van der Waals surface area contributed by atoms with E-state index in [1.807, 2.05) is 4.90 Å². The average molecular weight is 273 g/mol. The molecular formula is C13H15N5O2. The predicted molar refractivity (Wildman–Crippen MR) is 73.3 cm³/mol. The highest BCUT2D eigenvalue weighted by Crippen LogP contribution is 2.19. The van der Waals surface area contributed by atoms with Crippen LogP contribution in [0.3, 0.4) is 0 Å². The molecule has 104 valence electrons. The van der Waals surface area contributed by atoms with Crippen molar-refractivity contribution in [3.8, 4) is 11.4 Å². The summed E-state index contributed by atoms with van der Waals surface area (Å²) in [5, 5.41) is 9.63. The van der Waals surface area contributed by atoms with Crippen molar-refractivity contribution in [1.29, 1.82) is 0 Å². The summed E-state index contributed by atoms with van der Waals surface area (Å²) in [5.41, 5.74) is 0.982. The molecule has 0 aromatic carbocycles. The van der Waals surface area contributed by atoms with Crippen LogP contribution in [-0.2, 0) is 7.05 Å². The van der Waals surface area contributed by atoms with Gasteiger partial charge in [0.25, 0.3) is 5.56 Å². The molecule has 0 bridgehead atoms. The second-order valence-corrected chi connectivity index (χ2v) is 4.82. The van der Waals surface area contributed by atoms with Crippen molar-refractivity contribution in [2.45, 2.75) is 12.5 Å². The summed E-state index contributed by atoms with van der Waals surface area (Å²) in [7, 11) is 1.68. The summed E-state index contributed by atoms with van der Waals surface area (Å²) in [6, 6.07) is 3.17. The van der Waals surface area contributed by atoms with Crippen LogP contribution in [0, 0.1) is 0 Å². The van der Waals surface area contributed by atoms with E-state index in [2.05, 4.69) is 15.0 Å². The fourth-order valence-corrected chi connectivity index (χ4v) is 2.31. The van der Waals surface area contributed by atoms with Crippen molar-refractivity contribution in [1.82, 2.24) is 19.5 Å². The number of aliphatic hydroxyl groups is 1. The number of aliphatic hydroxyl groups excluding tert-OH is 1. The predicted octanol–water partition coefficient (Wildman–Crippen LogP) is -0.192. The maximum atomic E-state index is 12.1. The van der Waals surface area contributed by atoms with Gasteiger partial charge in [0.15, 0.2) is 0 Å². The summed E-state index contributed by atoms with van der Waals surface area (Å²) in [5.74, 6) is 0.558. The van der Waals surface area contributed by atoms with Gasteiger partial charge in [-0.25, -0.2) is 15.0 Å². The maximum absolute atomic E-state index is 12.1. The third-order valence-electron chi connectivity index (χ3n) is 3.40. The molecule has 0 radical (unpaired) electrons. The highest BCUT2D eigenvalue weighted by molar-refractivity contribution is 5.55. The molecule has 1 fully saturated rings. The van der Waals surface area contributed by atoms with Crippen molar-refractivity contribution in [2.75, 3.05) is 18.0 Å². The molecule has 20 heavy (non-hydrogen) atoms. The van der Waals surface area contributed by atoms with E-state index < -0.39 is 0 Å². The van der Waals surface area contributed by atoms with E-state index in [1.165, 1.54) is 17.0 Å². The van der Waals surface area contributed by atoms with Crippen LogP contribution in [-0.4, -0.2) is 43.8 Å². The molecule has 1 aliphatic heterocycles. The SMILES string of the molecule is Cn1c(N2CC[C@H](O)C2)nc(-c2ccncn2)cc1=O. The fourth-order valence-electron chi connectivity index (χ4n) is 2.31. The molecule has 7 nitrogen and oxygen atoms in total. The van der Waals surface area contributed by atoms with Crippen LogP contribution in [0.15, 0.2) is 29.5 Å². The molecular weight excluding hydrogens is 258 g/mol. The van der Waals surface area contributed by atoms with Crippen LogP contribution in [0.1, 0.15) is 6.42 Å². The van der Waals surface area contributed by atoms with Gasteiger partial charge >= 0.3 is 0 Å². The van der Waals surface area contributed by atoms with Gasteiger partial charge in [-0.1, -0.05) is 0 Å². The van der Waals surface area contributed by atoms with E-state index in [4.69, 9.17) is 0 Å². The summed E-state index contributed by atoms with van der Waals surface area (Å²) in [4.78, 5) is 26.5. The van der Waals surface area contributed by atoms with Gasteiger partial charge in [-0.05, 0) is 12.5 Å². The minimum absolute atomic E-state index is 0.148. The number of rotatable bonds is 2. The fraction of sp³-hybridized carbons (Fsp3) is 0.385. The van der Waals surface area contributed by atoms with Gasteiger partial charge in [-0.2, -0.15) is 0 Å². The molecule has 0 spiro atoms. The van der Waals surface area contributed by atoms with Crippen molar-refractivity contribution < 1.29 is 5.11 Å². The minimum Gasteiger partial charge on any atom is -0.391 e. The zero-order valence-electron chi connectivity index (χ0n) is 11.1. The van der Waals surface area contributed by atoms with E-state index in [0.29, 0.717) is 36.8 Å². The molecule has 0 unspecified atom stereocenters. The number of hydrogen-bond donors (Lipinski definition) is 1. The molecule has 1 atom stereocenters. The topological polar surface area (TPSA) is 84.1 Å². The molecule has 2 aromatic rings. The minimum atomic E-state index is -0.366. The van der Waals surface area contributed by atoms with E-state index in [-0.39, 0.29) is 11.7 Å². The van der Waals surface area contributed by atoms with Gasteiger partial charge < -0.3 is 10.0 Å². The molecule has 0 amide bonds. The van der Waals surface area contributed by atoms with Crippen LogP contribution in [0.4, 0.5) is 5.95 Å². The number of anilines is 1. The summed E-state index contributed by atoms with van der Waals surface area (Å²) in [6.45, 7) is 1.18. The third kappa shape index (κ3) is 2.27. The molecule has 1 aliphatic rings. The largest absolute Gasteiger partial charge is 0.391 e. The summed E-state index contributed by atoms with van der Waals surface area (Å²) < 4.78 is 1.49. The Labute approximate surface area is 115 Å².